The molecule has 0 amide bonds. The van der Waals surface area contributed by atoms with Crippen molar-refractivity contribution in [2.75, 3.05) is 24.2 Å². The van der Waals surface area contributed by atoms with Gasteiger partial charge in [-0.2, -0.15) is 0 Å². The number of hydrogen-bond donors (Lipinski definition) is 3. The molecule has 4 N–H and O–H groups in total. The molecular formula is C10H15N5OS. The van der Waals surface area contributed by atoms with Crippen LogP contribution in [0.25, 0.3) is 10.3 Å². The van der Waals surface area contributed by atoms with E-state index in [9.17, 15) is 0 Å². The number of rotatable bonds is 5. The molecule has 1 unspecified atom stereocenters. The number of nitrogens with one attached hydrogen (secondary N) is 1. The highest BCUT2D eigenvalue weighted by Crippen LogP contribution is 2.27. The molecule has 1 atom stereocenters. The molecule has 0 aliphatic heterocycles. The molecule has 0 spiro atoms. The summed E-state index contributed by atoms with van der Waals surface area (Å²) < 4.78 is 0.876. The monoisotopic (exact) mass is 253 g/mol. The molecule has 17 heavy (non-hydrogen) atoms. The van der Waals surface area contributed by atoms with Gasteiger partial charge in [0.05, 0.1) is 0 Å². The molecule has 2 aromatic heterocycles. The van der Waals surface area contributed by atoms with Crippen LogP contribution in [0.5, 0.6) is 0 Å². The third-order valence-corrected chi connectivity index (χ3v) is 3.33. The van der Waals surface area contributed by atoms with E-state index in [1.807, 2.05) is 0 Å². The summed E-state index contributed by atoms with van der Waals surface area (Å²) in [5.41, 5.74) is 6.27. The van der Waals surface area contributed by atoms with Gasteiger partial charge in [0.25, 0.3) is 0 Å². The van der Waals surface area contributed by atoms with Crippen molar-refractivity contribution in [2.45, 2.75) is 13.3 Å². The lowest BCUT2D eigenvalue weighted by molar-refractivity contribution is 0.266. The Bertz CT molecular complexity index is 500. The second-order valence-corrected chi connectivity index (χ2v) is 4.96. The Labute approximate surface area is 103 Å². The van der Waals surface area contributed by atoms with Crippen molar-refractivity contribution in [2.24, 2.45) is 5.92 Å². The fraction of sp³-hybridized carbons (Fsp3) is 0.500. The van der Waals surface area contributed by atoms with Gasteiger partial charge in [-0.25, -0.2) is 15.0 Å². The quantitative estimate of drug-likeness (QED) is 0.738. The fourth-order valence-corrected chi connectivity index (χ4v) is 2.24. The summed E-state index contributed by atoms with van der Waals surface area (Å²) in [6.45, 7) is 3.03. The SMILES string of the molecule is CC(CCO)CNc1ncnc2nc(N)sc12. The number of hydrogen-bond acceptors (Lipinski definition) is 7. The Hall–Kier alpha value is -1.47. The molecule has 0 saturated heterocycles. The van der Waals surface area contributed by atoms with Crippen molar-refractivity contribution in [3.05, 3.63) is 6.33 Å². The van der Waals surface area contributed by atoms with Gasteiger partial charge in [-0.1, -0.05) is 18.3 Å². The molecule has 0 aliphatic carbocycles. The topological polar surface area (TPSA) is 97.0 Å². The van der Waals surface area contributed by atoms with Gasteiger partial charge >= 0.3 is 0 Å². The van der Waals surface area contributed by atoms with Crippen molar-refractivity contribution < 1.29 is 5.11 Å². The Morgan fingerprint density at radius 1 is 1.53 bits per heavy atom. The Morgan fingerprint density at radius 2 is 2.35 bits per heavy atom. The van der Waals surface area contributed by atoms with Crippen molar-refractivity contribution >= 4 is 32.6 Å². The standard InChI is InChI=1S/C10H15N5OS/c1-6(2-3-16)4-12-8-7-9(14-5-13-8)15-10(11)17-7/h5-6,16H,2-4H2,1H3,(H3,11,12,13,14,15). The molecule has 2 rings (SSSR count). The maximum Gasteiger partial charge on any atom is 0.182 e. The highest BCUT2D eigenvalue weighted by Gasteiger charge is 2.09. The smallest absolute Gasteiger partial charge is 0.182 e. The van der Waals surface area contributed by atoms with Gasteiger partial charge in [0.1, 0.15) is 16.8 Å². The van der Waals surface area contributed by atoms with Crippen LogP contribution in [0.2, 0.25) is 0 Å². The number of nitrogens with two attached hydrogens (primary N) is 1. The largest absolute Gasteiger partial charge is 0.396 e. The van der Waals surface area contributed by atoms with Crippen LogP contribution in [0.3, 0.4) is 0 Å². The maximum atomic E-state index is 8.83. The van der Waals surface area contributed by atoms with Crippen molar-refractivity contribution in [1.82, 2.24) is 15.0 Å². The molecule has 7 heteroatoms. The van der Waals surface area contributed by atoms with Crippen LogP contribution < -0.4 is 11.1 Å². The van der Waals surface area contributed by atoms with Crippen molar-refractivity contribution in [3.8, 4) is 0 Å². The molecular weight excluding hydrogens is 238 g/mol. The molecule has 0 saturated carbocycles. The van der Waals surface area contributed by atoms with E-state index in [0.29, 0.717) is 16.7 Å². The van der Waals surface area contributed by atoms with Gasteiger partial charge in [-0.15, -0.1) is 0 Å². The predicted molar refractivity (Wildman–Crippen MR) is 69.0 cm³/mol. The first kappa shape index (κ1) is 12.0. The number of anilines is 2. The lowest BCUT2D eigenvalue weighted by atomic mass is 10.1. The van der Waals surface area contributed by atoms with Crippen LogP contribution in [-0.2, 0) is 0 Å². The van der Waals surface area contributed by atoms with E-state index >= 15 is 0 Å². The van der Waals surface area contributed by atoms with E-state index in [0.717, 1.165) is 23.5 Å². The Kier molecular flexibility index (Phi) is 3.70. The second kappa shape index (κ2) is 5.24. The van der Waals surface area contributed by atoms with Crippen molar-refractivity contribution in [1.29, 1.82) is 0 Å². The second-order valence-electron chi connectivity index (χ2n) is 3.93. The van der Waals surface area contributed by atoms with E-state index in [4.69, 9.17) is 10.8 Å². The van der Waals surface area contributed by atoms with Gasteiger partial charge in [0, 0.05) is 13.2 Å². The molecule has 0 aromatic carbocycles. The zero-order valence-electron chi connectivity index (χ0n) is 9.55. The highest BCUT2D eigenvalue weighted by molar-refractivity contribution is 7.22. The molecule has 2 aromatic rings. The first-order chi connectivity index (χ1) is 8.20. The number of thiazole rings is 1. The minimum atomic E-state index is 0.204. The summed E-state index contributed by atoms with van der Waals surface area (Å²) in [6.07, 6.45) is 2.24. The summed E-state index contributed by atoms with van der Waals surface area (Å²) in [6, 6.07) is 0. The number of nitrogens with zero attached hydrogens (tertiary/aromatic N) is 3. The fourth-order valence-electron chi connectivity index (χ4n) is 1.49. The number of aliphatic hydroxyl groups excluding tert-OH is 1. The minimum absolute atomic E-state index is 0.204. The van der Waals surface area contributed by atoms with E-state index in [2.05, 4.69) is 27.2 Å². The maximum absolute atomic E-state index is 8.83. The predicted octanol–water partition coefficient (Wildman–Crippen LogP) is 1.10. The summed E-state index contributed by atoms with van der Waals surface area (Å²) in [7, 11) is 0. The van der Waals surface area contributed by atoms with E-state index < -0.39 is 0 Å². The lowest BCUT2D eigenvalue weighted by Crippen LogP contribution is -2.13. The number of aromatic nitrogens is 3. The molecule has 0 fully saturated rings. The average molecular weight is 253 g/mol. The lowest BCUT2D eigenvalue weighted by Gasteiger charge is -2.11. The van der Waals surface area contributed by atoms with Crippen LogP contribution in [0, 0.1) is 5.92 Å². The number of aliphatic hydroxyl groups is 1. The zero-order valence-corrected chi connectivity index (χ0v) is 10.4. The molecule has 6 nitrogen and oxygen atoms in total. The van der Waals surface area contributed by atoms with E-state index in [1.54, 1.807) is 0 Å². The molecule has 2 heterocycles. The molecule has 0 bridgehead atoms. The Balaban J connectivity index is 2.12. The van der Waals surface area contributed by atoms with Gasteiger partial charge in [0.15, 0.2) is 10.8 Å². The van der Waals surface area contributed by atoms with E-state index in [1.165, 1.54) is 17.7 Å². The van der Waals surface area contributed by atoms with Gasteiger partial charge in [-0.3, -0.25) is 0 Å². The third-order valence-electron chi connectivity index (χ3n) is 2.45. The Morgan fingerprint density at radius 3 is 3.12 bits per heavy atom. The molecule has 0 radical (unpaired) electrons. The summed E-state index contributed by atoms with van der Waals surface area (Å²) in [4.78, 5) is 12.3. The highest BCUT2D eigenvalue weighted by atomic mass is 32.1. The van der Waals surface area contributed by atoms with Crippen LogP contribution in [0.4, 0.5) is 10.9 Å². The van der Waals surface area contributed by atoms with Crippen LogP contribution in [0.15, 0.2) is 6.33 Å². The third kappa shape index (κ3) is 2.80. The normalized spacial score (nSPS) is 12.8. The average Bonchev–Trinajstić information content (AvgIpc) is 2.67. The van der Waals surface area contributed by atoms with Gasteiger partial charge < -0.3 is 16.2 Å². The summed E-state index contributed by atoms with van der Waals surface area (Å²) in [5.74, 6) is 1.14. The first-order valence-electron chi connectivity index (χ1n) is 5.42. The van der Waals surface area contributed by atoms with Gasteiger partial charge in [-0.05, 0) is 12.3 Å². The number of fused-ring (bicyclic) bond motifs is 1. The minimum Gasteiger partial charge on any atom is -0.396 e. The first-order valence-corrected chi connectivity index (χ1v) is 6.24. The van der Waals surface area contributed by atoms with Gasteiger partial charge in [0.2, 0.25) is 0 Å². The molecule has 92 valence electrons. The van der Waals surface area contributed by atoms with Crippen molar-refractivity contribution in [3.63, 3.8) is 0 Å². The summed E-state index contributed by atoms with van der Waals surface area (Å²) in [5, 5.41) is 12.6. The molecule has 0 aliphatic rings. The van der Waals surface area contributed by atoms with Crippen LogP contribution in [0.1, 0.15) is 13.3 Å². The van der Waals surface area contributed by atoms with Crippen LogP contribution >= 0.6 is 11.3 Å². The zero-order chi connectivity index (χ0) is 12.3. The van der Waals surface area contributed by atoms with Crippen LogP contribution in [-0.4, -0.2) is 33.2 Å². The number of nitrogen functional groups attached to an aromatic ring is 1. The van der Waals surface area contributed by atoms with E-state index in [-0.39, 0.29) is 6.61 Å². The summed E-state index contributed by atoms with van der Waals surface area (Å²) >= 11 is 1.37.